The van der Waals surface area contributed by atoms with Crippen LogP contribution in [-0.2, 0) is 24.3 Å². The molecule has 4 aliphatic rings. The van der Waals surface area contributed by atoms with Gasteiger partial charge in [0.05, 0.1) is 28.8 Å². The summed E-state index contributed by atoms with van der Waals surface area (Å²) in [5, 5.41) is 0. The van der Waals surface area contributed by atoms with Gasteiger partial charge in [-0.25, -0.2) is 13.2 Å². The maximum atomic E-state index is 13.6. The third kappa shape index (κ3) is 3.90. The highest BCUT2D eigenvalue weighted by Gasteiger charge is 2.61. The van der Waals surface area contributed by atoms with Crippen molar-refractivity contribution < 1.29 is 27.5 Å². The number of hydrogen-bond donors (Lipinski definition) is 0. The molecule has 206 valence electrons. The van der Waals surface area contributed by atoms with Crippen LogP contribution in [0.3, 0.4) is 0 Å². The van der Waals surface area contributed by atoms with Crippen molar-refractivity contribution in [2.24, 2.45) is 11.8 Å². The molecule has 0 saturated carbocycles. The van der Waals surface area contributed by atoms with E-state index in [1.807, 2.05) is 24.3 Å². The third-order valence-electron chi connectivity index (χ3n) is 8.52. The number of amides is 2. The van der Waals surface area contributed by atoms with E-state index in [0.717, 1.165) is 22.3 Å². The van der Waals surface area contributed by atoms with E-state index in [4.69, 9.17) is 4.74 Å². The Labute approximate surface area is 233 Å². The number of carbonyl (C=O) groups excluding carboxylic acids is 3. The van der Waals surface area contributed by atoms with Gasteiger partial charge in [-0.2, -0.15) is 4.31 Å². The molecule has 1 saturated heterocycles. The van der Waals surface area contributed by atoms with E-state index in [1.165, 1.54) is 33.5 Å². The van der Waals surface area contributed by atoms with Gasteiger partial charge >= 0.3 is 5.97 Å². The first kappa shape index (κ1) is 26.4. The number of benzene rings is 3. The molecule has 7 rings (SSSR count). The van der Waals surface area contributed by atoms with Crippen molar-refractivity contribution in [2.45, 2.75) is 30.6 Å². The van der Waals surface area contributed by atoms with Crippen molar-refractivity contribution in [1.29, 1.82) is 0 Å². The molecule has 8 nitrogen and oxygen atoms in total. The van der Waals surface area contributed by atoms with Gasteiger partial charge in [-0.15, -0.1) is 0 Å². The first-order valence-corrected chi connectivity index (χ1v) is 15.0. The Morgan fingerprint density at radius 3 is 1.65 bits per heavy atom. The molecule has 1 fully saturated rings. The van der Waals surface area contributed by atoms with Crippen LogP contribution >= 0.6 is 0 Å². The highest BCUT2D eigenvalue weighted by molar-refractivity contribution is 7.89. The first-order valence-electron chi connectivity index (χ1n) is 13.6. The number of esters is 1. The Bertz CT molecular complexity index is 1500. The van der Waals surface area contributed by atoms with Gasteiger partial charge in [-0.1, -0.05) is 62.4 Å². The molecule has 9 heteroatoms. The van der Waals surface area contributed by atoms with Gasteiger partial charge < -0.3 is 4.74 Å². The Morgan fingerprint density at radius 2 is 1.23 bits per heavy atom. The van der Waals surface area contributed by atoms with Gasteiger partial charge in [0.2, 0.25) is 21.8 Å². The van der Waals surface area contributed by atoms with Crippen LogP contribution in [0, 0.1) is 11.8 Å². The summed E-state index contributed by atoms with van der Waals surface area (Å²) in [4.78, 5) is 41.3. The van der Waals surface area contributed by atoms with Gasteiger partial charge in [0.25, 0.3) is 0 Å². The van der Waals surface area contributed by atoms with Crippen LogP contribution in [0.25, 0.3) is 0 Å². The number of likely N-dealkylation sites (tertiary alicyclic amines) is 1. The van der Waals surface area contributed by atoms with E-state index in [-0.39, 0.29) is 47.3 Å². The van der Waals surface area contributed by atoms with Crippen LogP contribution in [0.15, 0.2) is 77.7 Å². The summed E-state index contributed by atoms with van der Waals surface area (Å²) in [6.45, 7) is 4.04. The van der Waals surface area contributed by atoms with Gasteiger partial charge in [0.15, 0.2) is 0 Å². The van der Waals surface area contributed by atoms with Crippen molar-refractivity contribution in [3.05, 3.63) is 101 Å². The first-order chi connectivity index (χ1) is 19.3. The fraction of sp³-hybridized carbons (Fsp3) is 0.323. The van der Waals surface area contributed by atoms with Crippen molar-refractivity contribution in [3.63, 3.8) is 0 Å². The zero-order valence-electron chi connectivity index (χ0n) is 22.3. The maximum Gasteiger partial charge on any atom is 0.338 e. The summed E-state index contributed by atoms with van der Waals surface area (Å²) >= 11 is 0. The Morgan fingerprint density at radius 1 is 0.775 bits per heavy atom. The van der Waals surface area contributed by atoms with Gasteiger partial charge in [-0.05, 0) is 46.5 Å². The van der Waals surface area contributed by atoms with Crippen molar-refractivity contribution in [2.75, 3.05) is 26.2 Å². The van der Waals surface area contributed by atoms with Gasteiger partial charge in [0.1, 0.15) is 6.61 Å². The van der Waals surface area contributed by atoms with Gasteiger partial charge in [0, 0.05) is 24.9 Å². The summed E-state index contributed by atoms with van der Waals surface area (Å²) in [5.74, 6) is -2.41. The number of ether oxygens (including phenoxy) is 1. The monoisotopic (exact) mass is 558 g/mol. The summed E-state index contributed by atoms with van der Waals surface area (Å²) in [6, 6.07) is 21.7. The minimum absolute atomic E-state index is 0.0308. The van der Waals surface area contributed by atoms with Crippen LogP contribution < -0.4 is 0 Å². The molecule has 0 spiro atoms. The van der Waals surface area contributed by atoms with Crippen LogP contribution in [0.2, 0.25) is 0 Å². The molecule has 0 N–H and O–H groups in total. The lowest BCUT2D eigenvalue weighted by atomic mass is 9.55. The maximum absolute atomic E-state index is 13.6. The summed E-state index contributed by atoms with van der Waals surface area (Å²) in [6.07, 6.45) is 0. The van der Waals surface area contributed by atoms with E-state index >= 15 is 0 Å². The second kappa shape index (κ2) is 9.98. The molecule has 3 aliphatic carbocycles. The standard InChI is InChI=1S/C31H30N2O6S/c1-3-32(4-2)40(37,38)20-15-13-19(14-16-20)31(36)39-18-17-33-29(34)27-25-21-9-5-6-10-22(21)26(28(27)30(33)35)24-12-8-7-11-23(24)25/h5-16,25-28H,3-4,17-18H2,1-2H3/t25?,26?,27-,28-/m0/s1. The molecular formula is C31H30N2O6S. The minimum Gasteiger partial charge on any atom is -0.460 e. The molecule has 3 aromatic carbocycles. The lowest BCUT2D eigenvalue weighted by Crippen LogP contribution is -2.41. The number of sulfonamides is 1. The number of hydrogen-bond acceptors (Lipinski definition) is 6. The van der Waals surface area contributed by atoms with Crippen LogP contribution in [-0.4, -0.2) is 61.6 Å². The van der Waals surface area contributed by atoms with E-state index < -0.39 is 27.8 Å². The van der Waals surface area contributed by atoms with Crippen LogP contribution in [0.5, 0.6) is 0 Å². The smallest absolute Gasteiger partial charge is 0.338 e. The Kier molecular flexibility index (Phi) is 6.59. The Balaban J connectivity index is 1.16. The molecule has 0 aromatic heterocycles. The summed E-state index contributed by atoms with van der Waals surface area (Å²) < 4.78 is 32.1. The second-order valence-electron chi connectivity index (χ2n) is 10.3. The van der Waals surface area contributed by atoms with Crippen molar-refractivity contribution in [1.82, 2.24) is 9.21 Å². The Hall–Kier alpha value is -3.82. The fourth-order valence-corrected chi connectivity index (χ4v) is 8.21. The predicted molar refractivity (Wildman–Crippen MR) is 147 cm³/mol. The molecule has 2 bridgehead atoms. The zero-order valence-corrected chi connectivity index (χ0v) is 23.1. The normalized spacial score (nSPS) is 22.7. The molecule has 0 radical (unpaired) electrons. The molecule has 3 aromatic rings. The predicted octanol–water partition coefficient (Wildman–Crippen LogP) is 3.77. The van der Waals surface area contributed by atoms with Crippen LogP contribution in [0.4, 0.5) is 0 Å². The van der Waals surface area contributed by atoms with E-state index in [0.29, 0.717) is 13.1 Å². The summed E-state index contributed by atoms with van der Waals surface area (Å²) in [5.41, 5.74) is 4.61. The second-order valence-corrected chi connectivity index (χ2v) is 12.3. The zero-order chi connectivity index (χ0) is 28.2. The van der Waals surface area contributed by atoms with Crippen molar-refractivity contribution in [3.8, 4) is 0 Å². The quantitative estimate of drug-likeness (QED) is 0.308. The fourth-order valence-electron chi connectivity index (χ4n) is 6.75. The SMILES string of the molecule is CCN(CC)S(=O)(=O)c1ccc(C(=O)OCCN2C(=O)[C@H]3C4c5ccccc5C(c5ccccc54)[C@@H]3C2=O)cc1. The lowest BCUT2D eigenvalue weighted by molar-refractivity contribution is -0.140. The number of imide groups is 1. The van der Waals surface area contributed by atoms with E-state index in [9.17, 15) is 22.8 Å². The molecular weight excluding hydrogens is 528 g/mol. The molecule has 1 heterocycles. The molecule has 40 heavy (non-hydrogen) atoms. The van der Waals surface area contributed by atoms with E-state index in [1.54, 1.807) is 13.8 Å². The topological polar surface area (TPSA) is 101 Å². The van der Waals surface area contributed by atoms with Crippen LogP contribution in [0.1, 0.15) is 58.3 Å². The third-order valence-corrected chi connectivity index (χ3v) is 10.6. The average molecular weight is 559 g/mol. The average Bonchev–Trinajstić information content (AvgIpc) is 3.23. The molecule has 0 unspecified atom stereocenters. The van der Waals surface area contributed by atoms with Gasteiger partial charge in [-0.3, -0.25) is 14.5 Å². The minimum atomic E-state index is -3.64. The lowest BCUT2D eigenvalue weighted by Gasteiger charge is -2.45. The highest BCUT2D eigenvalue weighted by Crippen LogP contribution is 2.60. The molecule has 2 amide bonds. The number of rotatable bonds is 8. The number of nitrogens with zero attached hydrogens (tertiary/aromatic N) is 2. The van der Waals surface area contributed by atoms with Crippen molar-refractivity contribution >= 4 is 27.8 Å². The molecule has 1 aliphatic heterocycles. The molecule has 2 atom stereocenters. The highest BCUT2D eigenvalue weighted by atomic mass is 32.2. The van der Waals surface area contributed by atoms with E-state index in [2.05, 4.69) is 24.3 Å². The largest absolute Gasteiger partial charge is 0.460 e. The summed E-state index contributed by atoms with van der Waals surface area (Å²) in [7, 11) is -3.64. The number of carbonyl (C=O) groups is 3.